The number of hydrogen-bond donors (Lipinski definition) is 2. The topological polar surface area (TPSA) is 103 Å². The molecule has 0 bridgehead atoms. The first-order valence-corrected chi connectivity index (χ1v) is 8.88. The summed E-state index contributed by atoms with van der Waals surface area (Å²) in [7, 11) is 0. The molecule has 0 radical (unpaired) electrons. The van der Waals surface area contributed by atoms with Crippen molar-refractivity contribution < 1.29 is 14.1 Å². The van der Waals surface area contributed by atoms with Crippen LogP contribution >= 0.6 is 0 Å². The fourth-order valence-corrected chi connectivity index (χ4v) is 2.32. The van der Waals surface area contributed by atoms with Crippen molar-refractivity contribution >= 4 is 6.09 Å². The highest BCUT2D eigenvalue weighted by Crippen LogP contribution is 2.20. The summed E-state index contributed by atoms with van der Waals surface area (Å²) in [5, 5.41) is 6.73. The van der Waals surface area contributed by atoms with Gasteiger partial charge in [0, 0.05) is 12.1 Å². The van der Waals surface area contributed by atoms with Crippen molar-refractivity contribution in [2.75, 3.05) is 6.54 Å². The van der Waals surface area contributed by atoms with E-state index in [4.69, 9.17) is 15.0 Å². The first-order valence-electron chi connectivity index (χ1n) is 8.88. The molecule has 0 aliphatic rings. The molecule has 1 amide bonds. The van der Waals surface area contributed by atoms with E-state index in [2.05, 4.69) is 15.5 Å². The number of carbonyl (C=O) groups is 1. The van der Waals surface area contributed by atoms with Crippen molar-refractivity contribution in [1.82, 2.24) is 15.5 Å². The minimum atomic E-state index is -0.487. The van der Waals surface area contributed by atoms with Gasteiger partial charge in [-0.15, -0.1) is 0 Å². The summed E-state index contributed by atoms with van der Waals surface area (Å²) in [4.78, 5) is 15.9. The lowest BCUT2D eigenvalue weighted by molar-refractivity contribution is 0.0527. The van der Waals surface area contributed by atoms with E-state index in [1.54, 1.807) is 0 Å². The van der Waals surface area contributed by atoms with E-state index in [-0.39, 0.29) is 6.04 Å². The Labute approximate surface area is 154 Å². The third-order valence-corrected chi connectivity index (χ3v) is 3.68. The Kier molecular flexibility index (Phi) is 6.74. The number of rotatable bonds is 7. The lowest BCUT2D eigenvalue weighted by Gasteiger charge is -2.19. The van der Waals surface area contributed by atoms with Crippen LogP contribution in [0.25, 0.3) is 11.4 Å². The molecule has 0 aliphatic carbocycles. The molecule has 2 aromatic rings. The third-order valence-electron chi connectivity index (χ3n) is 3.68. The van der Waals surface area contributed by atoms with Crippen LogP contribution in [0, 0.1) is 6.92 Å². The SMILES string of the molecule is Cc1ccc(-c2noc([C@H](N)CCCCNC(=O)OC(C)(C)C)n2)cc1. The normalized spacial score (nSPS) is 12.7. The van der Waals surface area contributed by atoms with Gasteiger partial charge < -0.3 is 20.3 Å². The van der Waals surface area contributed by atoms with E-state index in [1.165, 1.54) is 5.56 Å². The molecule has 0 saturated carbocycles. The molecule has 1 aromatic heterocycles. The number of aryl methyl sites for hydroxylation is 1. The third kappa shape index (κ3) is 6.48. The second-order valence-electron chi connectivity index (χ2n) is 7.35. The maximum absolute atomic E-state index is 11.5. The van der Waals surface area contributed by atoms with Gasteiger partial charge in [0.1, 0.15) is 5.60 Å². The Morgan fingerprint density at radius 1 is 1.27 bits per heavy atom. The predicted molar refractivity (Wildman–Crippen MR) is 99.5 cm³/mol. The molecule has 26 heavy (non-hydrogen) atoms. The summed E-state index contributed by atoms with van der Waals surface area (Å²) in [6, 6.07) is 7.60. The molecule has 0 unspecified atom stereocenters. The average molecular weight is 360 g/mol. The van der Waals surface area contributed by atoms with Crippen molar-refractivity contribution in [3.63, 3.8) is 0 Å². The fraction of sp³-hybridized carbons (Fsp3) is 0.526. The maximum Gasteiger partial charge on any atom is 0.407 e. The molecule has 0 saturated heterocycles. The van der Waals surface area contributed by atoms with Gasteiger partial charge in [0.05, 0.1) is 6.04 Å². The zero-order valence-corrected chi connectivity index (χ0v) is 15.9. The molecule has 1 heterocycles. The predicted octanol–water partition coefficient (Wildman–Crippen LogP) is 3.74. The van der Waals surface area contributed by atoms with E-state index >= 15 is 0 Å². The molecule has 0 fully saturated rings. The second-order valence-corrected chi connectivity index (χ2v) is 7.35. The van der Waals surface area contributed by atoms with Crippen LogP contribution in [0.15, 0.2) is 28.8 Å². The molecule has 0 aliphatic heterocycles. The van der Waals surface area contributed by atoms with Crippen LogP contribution in [-0.2, 0) is 4.74 Å². The van der Waals surface area contributed by atoms with Crippen molar-refractivity contribution in [1.29, 1.82) is 0 Å². The number of benzene rings is 1. The van der Waals surface area contributed by atoms with Gasteiger partial charge >= 0.3 is 6.09 Å². The summed E-state index contributed by atoms with van der Waals surface area (Å²) in [6.07, 6.45) is 1.93. The molecule has 2 rings (SSSR count). The van der Waals surface area contributed by atoms with Gasteiger partial charge in [-0.25, -0.2) is 4.79 Å². The van der Waals surface area contributed by atoms with Crippen LogP contribution in [0.5, 0.6) is 0 Å². The van der Waals surface area contributed by atoms with Gasteiger partial charge in [-0.05, 0) is 47.0 Å². The molecular formula is C19H28N4O3. The van der Waals surface area contributed by atoms with E-state index in [9.17, 15) is 4.79 Å². The van der Waals surface area contributed by atoms with Crippen LogP contribution < -0.4 is 11.1 Å². The minimum absolute atomic E-state index is 0.316. The first kappa shape index (κ1) is 19.9. The standard InChI is InChI=1S/C19H28N4O3/c1-13-8-10-14(11-9-13)16-22-17(26-23-16)15(20)7-5-6-12-21-18(24)25-19(2,3)4/h8-11,15H,5-7,12,20H2,1-4H3,(H,21,24)/t15-/m1/s1. The number of nitrogens with two attached hydrogens (primary N) is 1. The maximum atomic E-state index is 11.5. The van der Waals surface area contributed by atoms with Crippen LogP contribution in [0.2, 0.25) is 0 Å². The molecule has 142 valence electrons. The Bertz CT molecular complexity index is 704. The molecule has 1 aromatic carbocycles. The van der Waals surface area contributed by atoms with Crippen molar-refractivity contribution in [2.24, 2.45) is 5.73 Å². The molecule has 3 N–H and O–H groups in total. The fourth-order valence-electron chi connectivity index (χ4n) is 2.32. The van der Waals surface area contributed by atoms with Crippen molar-refractivity contribution in [3.8, 4) is 11.4 Å². The number of aromatic nitrogens is 2. The summed E-state index contributed by atoms with van der Waals surface area (Å²) in [5.41, 5.74) is 7.72. The number of ether oxygens (including phenoxy) is 1. The van der Waals surface area contributed by atoms with Crippen LogP contribution in [0.1, 0.15) is 57.5 Å². The van der Waals surface area contributed by atoms with Crippen LogP contribution in [0.3, 0.4) is 0 Å². The monoisotopic (exact) mass is 360 g/mol. The molecular weight excluding hydrogens is 332 g/mol. The molecule has 1 atom stereocenters. The van der Waals surface area contributed by atoms with Crippen molar-refractivity contribution in [2.45, 2.75) is 58.6 Å². The zero-order valence-electron chi connectivity index (χ0n) is 15.9. The van der Waals surface area contributed by atoms with Gasteiger partial charge in [-0.2, -0.15) is 4.98 Å². The van der Waals surface area contributed by atoms with E-state index in [0.29, 0.717) is 24.7 Å². The lowest BCUT2D eigenvalue weighted by Crippen LogP contribution is -2.33. The van der Waals surface area contributed by atoms with E-state index in [0.717, 1.165) is 18.4 Å². The first-order chi connectivity index (χ1) is 12.2. The summed E-state index contributed by atoms with van der Waals surface area (Å²) in [6.45, 7) is 8.07. The quantitative estimate of drug-likeness (QED) is 0.729. The van der Waals surface area contributed by atoms with Gasteiger partial charge in [0.25, 0.3) is 0 Å². The smallest absolute Gasteiger partial charge is 0.407 e. The second kappa shape index (κ2) is 8.80. The number of nitrogens with one attached hydrogen (secondary N) is 1. The Balaban J connectivity index is 1.72. The number of unbranched alkanes of at least 4 members (excludes halogenated alkanes) is 1. The number of nitrogens with zero attached hydrogens (tertiary/aromatic N) is 2. The van der Waals surface area contributed by atoms with Crippen LogP contribution in [-0.4, -0.2) is 28.4 Å². The Morgan fingerprint density at radius 3 is 2.62 bits per heavy atom. The number of amides is 1. The highest BCUT2D eigenvalue weighted by atomic mass is 16.6. The summed E-state index contributed by atoms with van der Waals surface area (Å²) in [5.74, 6) is 0.975. The van der Waals surface area contributed by atoms with Gasteiger partial charge in [-0.3, -0.25) is 0 Å². The van der Waals surface area contributed by atoms with E-state index < -0.39 is 11.7 Å². The minimum Gasteiger partial charge on any atom is -0.444 e. The number of alkyl carbamates (subject to hydrolysis) is 1. The summed E-state index contributed by atoms with van der Waals surface area (Å²) < 4.78 is 10.5. The molecule has 7 nitrogen and oxygen atoms in total. The Morgan fingerprint density at radius 2 is 1.96 bits per heavy atom. The number of hydrogen-bond acceptors (Lipinski definition) is 6. The Hall–Kier alpha value is -2.41. The molecule has 7 heteroatoms. The zero-order chi connectivity index (χ0) is 19.2. The largest absolute Gasteiger partial charge is 0.444 e. The lowest BCUT2D eigenvalue weighted by atomic mass is 10.1. The summed E-state index contributed by atoms with van der Waals surface area (Å²) >= 11 is 0. The van der Waals surface area contributed by atoms with Gasteiger partial charge in [0.15, 0.2) is 0 Å². The van der Waals surface area contributed by atoms with Crippen molar-refractivity contribution in [3.05, 3.63) is 35.7 Å². The average Bonchev–Trinajstić information content (AvgIpc) is 3.03. The van der Waals surface area contributed by atoms with E-state index in [1.807, 2.05) is 52.0 Å². The highest BCUT2D eigenvalue weighted by Gasteiger charge is 2.17. The molecule has 0 spiro atoms. The van der Waals surface area contributed by atoms with Crippen LogP contribution in [0.4, 0.5) is 4.79 Å². The van der Waals surface area contributed by atoms with Gasteiger partial charge in [-0.1, -0.05) is 35.0 Å². The van der Waals surface area contributed by atoms with Gasteiger partial charge in [0.2, 0.25) is 11.7 Å². The number of carbonyl (C=O) groups excluding carboxylic acids is 1. The highest BCUT2D eigenvalue weighted by molar-refractivity contribution is 5.67.